The van der Waals surface area contributed by atoms with Gasteiger partial charge in [-0.3, -0.25) is 4.79 Å². The molecule has 120 valence electrons. The third-order valence-electron chi connectivity index (χ3n) is 3.79. The molecule has 0 bridgehead atoms. The van der Waals surface area contributed by atoms with Crippen molar-refractivity contribution in [2.24, 2.45) is 0 Å². The molecule has 3 nitrogen and oxygen atoms in total. The van der Waals surface area contributed by atoms with Gasteiger partial charge in [0.05, 0.1) is 18.7 Å². The van der Waals surface area contributed by atoms with Crippen LogP contribution in [0, 0.1) is 17.5 Å². The van der Waals surface area contributed by atoms with E-state index in [4.69, 9.17) is 4.74 Å². The van der Waals surface area contributed by atoms with Crippen molar-refractivity contribution < 1.29 is 22.7 Å². The number of hydrogen-bond donors (Lipinski definition) is 0. The second kappa shape index (κ2) is 6.42. The minimum atomic E-state index is -1.64. The molecular formula is C17H14F3NO2. The van der Waals surface area contributed by atoms with Gasteiger partial charge in [-0.15, -0.1) is 0 Å². The standard InChI is InChI=1S/C17H14F3NO2/c18-13-7-6-12(15(19)16(13)20)17(22)21-8-9-23-14(10-21)11-4-2-1-3-5-11/h1-7,14H,8-10H2/t14-/m0/s1. The van der Waals surface area contributed by atoms with Crippen LogP contribution in [-0.4, -0.2) is 30.5 Å². The average Bonchev–Trinajstić information content (AvgIpc) is 2.60. The largest absolute Gasteiger partial charge is 0.370 e. The summed E-state index contributed by atoms with van der Waals surface area (Å²) in [5, 5.41) is 0. The van der Waals surface area contributed by atoms with E-state index in [1.165, 1.54) is 4.90 Å². The maximum Gasteiger partial charge on any atom is 0.257 e. The average molecular weight is 321 g/mol. The monoisotopic (exact) mass is 321 g/mol. The Morgan fingerprint density at radius 1 is 1.04 bits per heavy atom. The van der Waals surface area contributed by atoms with Crippen LogP contribution in [-0.2, 0) is 4.74 Å². The molecule has 0 aliphatic carbocycles. The van der Waals surface area contributed by atoms with Crippen molar-refractivity contribution in [2.75, 3.05) is 19.7 Å². The fourth-order valence-electron chi connectivity index (χ4n) is 2.56. The van der Waals surface area contributed by atoms with Crippen molar-refractivity contribution in [1.82, 2.24) is 4.90 Å². The van der Waals surface area contributed by atoms with Gasteiger partial charge >= 0.3 is 0 Å². The van der Waals surface area contributed by atoms with Gasteiger partial charge in [-0.1, -0.05) is 30.3 Å². The lowest BCUT2D eigenvalue weighted by molar-refractivity contribution is -0.0230. The van der Waals surface area contributed by atoms with E-state index in [9.17, 15) is 18.0 Å². The summed E-state index contributed by atoms with van der Waals surface area (Å²) in [6, 6.07) is 11.0. The molecular weight excluding hydrogens is 307 g/mol. The first kappa shape index (κ1) is 15.6. The highest BCUT2D eigenvalue weighted by Gasteiger charge is 2.28. The number of carbonyl (C=O) groups excluding carboxylic acids is 1. The van der Waals surface area contributed by atoms with Gasteiger partial charge in [-0.05, 0) is 17.7 Å². The zero-order valence-electron chi connectivity index (χ0n) is 12.1. The maximum absolute atomic E-state index is 13.8. The van der Waals surface area contributed by atoms with Crippen molar-refractivity contribution >= 4 is 5.91 Å². The van der Waals surface area contributed by atoms with E-state index in [1.54, 1.807) is 0 Å². The Hall–Kier alpha value is -2.34. The minimum Gasteiger partial charge on any atom is -0.370 e. The zero-order valence-corrected chi connectivity index (χ0v) is 12.1. The third kappa shape index (κ3) is 3.07. The Kier molecular flexibility index (Phi) is 4.34. The minimum absolute atomic E-state index is 0.223. The molecule has 6 heteroatoms. The summed E-state index contributed by atoms with van der Waals surface area (Å²) in [4.78, 5) is 13.8. The molecule has 0 aromatic heterocycles. The van der Waals surface area contributed by atoms with Crippen LogP contribution in [0.5, 0.6) is 0 Å². The van der Waals surface area contributed by atoms with Gasteiger partial charge in [-0.2, -0.15) is 0 Å². The topological polar surface area (TPSA) is 29.5 Å². The van der Waals surface area contributed by atoms with E-state index >= 15 is 0 Å². The fraction of sp³-hybridized carbons (Fsp3) is 0.235. The third-order valence-corrected chi connectivity index (χ3v) is 3.79. The van der Waals surface area contributed by atoms with Crippen molar-refractivity contribution in [1.29, 1.82) is 0 Å². The molecule has 1 aliphatic heterocycles. The Balaban J connectivity index is 1.81. The van der Waals surface area contributed by atoms with Gasteiger partial charge in [0.25, 0.3) is 5.91 Å². The number of nitrogens with zero attached hydrogens (tertiary/aromatic N) is 1. The SMILES string of the molecule is O=C(c1ccc(F)c(F)c1F)N1CCO[C@H](c2ccccc2)C1. The Morgan fingerprint density at radius 3 is 2.52 bits per heavy atom. The second-order valence-electron chi connectivity index (χ2n) is 5.24. The molecule has 0 unspecified atom stereocenters. The number of rotatable bonds is 2. The number of halogens is 3. The first-order chi connectivity index (χ1) is 11.1. The summed E-state index contributed by atoms with van der Waals surface area (Å²) in [6.45, 7) is 0.776. The van der Waals surface area contributed by atoms with Crippen LogP contribution >= 0.6 is 0 Å². The molecule has 23 heavy (non-hydrogen) atoms. The number of benzene rings is 2. The molecule has 1 saturated heterocycles. The first-order valence-corrected chi connectivity index (χ1v) is 7.17. The number of amides is 1. The van der Waals surface area contributed by atoms with Gasteiger partial charge in [0.15, 0.2) is 17.5 Å². The first-order valence-electron chi connectivity index (χ1n) is 7.17. The van der Waals surface area contributed by atoms with E-state index in [2.05, 4.69) is 0 Å². The smallest absolute Gasteiger partial charge is 0.257 e. The molecule has 1 atom stereocenters. The number of hydrogen-bond acceptors (Lipinski definition) is 2. The van der Waals surface area contributed by atoms with Gasteiger partial charge in [0, 0.05) is 6.54 Å². The van der Waals surface area contributed by atoms with Crippen LogP contribution in [0.4, 0.5) is 13.2 Å². The Labute approximate surface area is 131 Å². The Morgan fingerprint density at radius 2 is 1.78 bits per heavy atom. The number of morpholine rings is 1. The van der Waals surface area contributed by atoms with E-state index < -0.39 is 28.9 Å². The van der Waals surface area contributed by atoms with Crippen LogP contribution in [0.1, 0.15) is 22.0 Å². The lowest BCUT2D eigenvalue weighted by Crippen LogP contribution is -2.42. The predicted molar refractivity (Wildman–Crippen MR) is 77.4 cm³/mol. The Bertz CT molecular complexity index is 721. The number of carbonyl (C=O) groups is 1. The summed E-state index contributed by atoms with van der Waals surface area (Å²) in [5.74, 6) is -5.09. The maximum atomic E-state index is 13.8. The molecule has 1 aliphatic rings. The predicted octanol–water partition coefficient (Wildman–Crippen LogP) is 3.32. The summed E-state index contributed by atoms with van der Waals surface area (Å²) < 4.78 is 45.7. The molecule has 1 amide bonds. The summed E-state index contributed by atoms with van der Waals surface area (Å²) in [6.07, 6.45) is -0.331. The van der Waals surface area contributed by atoms with Crippen LogP contribution in [0.3, 0.4) is 0 Å². The molecule has 0 radical (unpaired) electrons. The molecule has 0 saturated carbocycles. The zero-order chi connectivity index (χ0) is 16.4. The quantitative estimate of drug-likeness (QED) is 0.794. The summed E-state index contributed by atoms with van der Waals surface area (Å²) in [7, 11) is 0. The highest BCUT2D eigenvalue weighted by atomic mass is 19.2. The van der Waals surface area contributed by atoms with Crippen molar-refractivity contribution in [2.45, 2.75) is 6.10 Å². The lowest BCUT2D eigenvalue weighted by Gasteiger charge is -2.33. The normalized spacial score (nSPS) is 18.0. The van der Waals surface area contributed by atoms with Crippen LogP contribution in [0.25, 0.3) is 0 Å². The molecule has 1 fully saturated rings. The molecule has 2 aromatic rings. The fourth-order valence-corrected chi connectivity index (χ4v) is 2.56. The van der Waals surface area contributed by atoms with Crippen LogP contribution in [0.2, 0.25) is 0 Å². The van der Waals surface area contributed by atoms with Crippen molar-refractivity contribution in [3.63, 3.8) is 0 Å². The summed E-state index contributed by atoms with van der Waals surface area (Å²) in [5.41, 5.74) is 0.424. The molecule has 3 rings (SSSR count). The van der Waals surface area contributed by atoms with Crippen LogP contribution in [0.15, 0.2) is 42.5 Å². The van der Waals surface area contributed by atoms with Crippen molar-refractivity contribution in [3.05, 3.63) is 71.0 Å². The highest BCUT2D eigenvalue weighted by Crippen LogP contribution is 2.24. The molecule has 2 aromatic carbocycles. The van der Waals surface area contributed by atoms with Gasteiger partial charge in [0.2, 0.25) is 0 Å². The van der Waals surface area contributed by atoms with E-state index in [0.717, 1.165) is 17.7 Å². The van der Waals surface area contributed by atoms with Crippen LogP contribution < -0.4 is 0 Å². The molecule has 0 spiro atoms. The number of ether oxygens (including phenoxy) is 1. The van der Waals surface area contributed by atoms with E-state index in [0.29, 0.717) is 0 Å². The van der Waals surface area contributed by atoms with E-state index in [-0.39, 0.29) is 25.8 Å². The lowest BCUT2D eigenvalue weighted by atomic mass is 10.1. The van der Waals surface area contributed by atoms with Gasteiger partial charge < -0.3 is 9.64 Å². The molecule has 1 heterocycles. The van der Waals surface area contributed by atoms with Crippen molar-refractivity contribution in [3.8, 4) is 0 Å². The van der Waals surface area contributed by atoms with E-state index in [1.807, 2.05) is 30.3 Å². The summed E-state index contributed by atoms with van der Waals surface area (Å²) >= 11 is 0. The second-order valence-corrected chi connectivity index (χ2v) is 5.24. The van der Waals surface area contributed by atoms with Gasteiger partial charge in [-0.25, -0.2) is 13.2 Å². The van der Waals surface area contributed by atoms with Gasteiger partial charge in [0.1, 0.15) is 6.10 Å². The highest BCUT2D eigenvalue weighted by molar-refractivity contribution is 5.94. The molecule has 0 N–H and O–H groups in total.